The van der Waals surface area contributed by atoms with Crippen LogP contribution in [0, 0.1) is 0 Å². The lowest BCUT2D eigenvalue weighted by molar-refractivity contribution is -0.146. The van der Waals surface area contributed by atoms with Gasteiger partial charge >= 0.3 is 0 Å². The van der Waals surface area contributed by atoms with Crippen molar-refractivity contribution in [3.63, 3.8) is 0 Å². The minimum atomic E-state index is -0.850. The van der Waals surface area contributed by atoms with Crippen LogP contribution in [0.2, 0.25) is 0 Å². The van der Waals surface area contributed by atoms with Crippen molar-refractivity contribution in [3.8, 4) is 0 Å². The summed E-state index contributed by atoms with van der Waals surface area (Å²) in [6.07, 6.45) is 3.23. The quantitative estimate of drug-likeness (QED) is 0.762. The van der Waals surface area contributed by atoms with Crippen LogP contribution in [-0.2, 0) is 22.4 Å². The fourth-order valence-corrected chi connectivity index (χ4v) is 3.60. The number of para-hydroxylation sites is 1. The Bertz CT molecular complexity index is 937. The second-order valence-electron chi connectivity index (χ2n) is 7.77. The summed E-state index contributed by atoms with van der Waals surface area (Å²) < 4.78 is 13.6. The number of ether oxygens (including phenoxy) is 2. The summed E-state index contributed by atoms with van der Waals surface area (Å²) in [5.74, 6) is 0.360. The molecule has 2 aromatic heterocycles. The molecule has 0 aliphatic carbocycles. The van der Waals surface area contributed by atoms with E-state index in [1.165, 1.54) is 0 Å². The number of aromatic nitrogens is 3. The van der Waals surface area contributed by atoms with Crippen LogP contribution in [0.25, 0.3) is 21.9 Å². The zero-order valence-corrected chi connectivity index (χ0v) is 15.5. The second kappa shape index (κ2) is 6.30. The fraction of sp³-hybridized carbons (Fsp3) is 0.500. The van der Waals surface area contributed by atoms with Gasteiger partial charge in [-0.05, 0) is 26.8 Å². The van der Waals surface area contributed by atoms with Gasteiger partial charge in [0.25, 0.3) is 0 Å². The molecule has 1 saturated heterocycles. The van der Waals surface area contributed by atoms with E-state index in [0.717, 1.165) is 27.8 Å². The molecule has 4 rings (SSSR count). The van der Waals surface area contributed by atoms with E-state index in [0.29, 0.717) is 32.6 Å². The topological polar surface area (TPSA) is 69.4 Å². The van der Waals surface area contributed by atoms with E-state index in [4.69, 9.17) is 14.5 Å². The van der Waals surface area contributed by atoms with Crippen molar-refractivity contribution < 1.29 is 14.6 Å². The third-order valence-corrected chi connectivity index (χ3v) is 4.80. The maximum absolute atomic E-state index is 10.5. The molecule has 0 bridgehead atoms. The van der Waals surface area contributed by atoms with Crippen LogP contribution >= 0.6 is 0 Å². The van der Waals surface area contributed by atoms with E-state index >= 15 is 0 Å². The molecule has 0 unspecified atom stereocenters. The largest absolute Gasteiger partial charge is 0.389 e. The Balaban J connectivity index is 1.80. The van der Waals surface area contributed by atoms with E-state index in [2.05, 4.69) is 15.6 Å². The van der Waals surface area contributed by atoms with Crippen molar-refractivity contribution in [2.24, 2.45) is 0 Å². The number of aryl methyl sites for hydroxylation is 1. The highest BCUT2D eigenvalue weighted by atomic mass is 16.7. The maximum atomic E-state index is 10.5. The van der Waals surface area contributed by atoms with Gasteiger partial charge in [-0.2, -0.15) is 0 Å². The van der Waals surface area contributed by atoms with Gasteiger partial charge in [0.2, 0.25) is 0 Å². The van der Waals surface area contributed by atoms with Crippen LogP contribution in [-0.4, -0.2) is 44.2 Å². The predicted molar refractivity (Wildman–Crippen MR) is 100.0 cm³/mol. The van der Waals surface area contributed by atoms with Gasteiger partial charge in [0.05, 0.1) is 42.6 Å². The summed E-state index contributed by atoms with van der Waals surface area (Å²) in [7, 11) is 0. The molecule has 0 atom stereocenters. The number of aliphatic hydroxyl groups is 1. The molecule has 0 saturated carbocycles. The third kappa shape index (κ3) is 3.32. The molecule has 3 heterocycles. The number of hydrogen-bond donors (Lipinski definition) is 1. The van der Waals surface area contributed by atoms with E-state index in [1.54, 1.807) is 0 Å². The molecule has 0 radical (unpaired) electrons. The highest BCUT2D eigenvalue weighted by Crippen LogP contribution is 2.29. The van der Waals surface area contributed by atoms with Gasteiger partial charge in [0.15, 0.2) is 5.79 Å². The second-order valence-corrected chi connectivity index (χ2v) is 7.77. The fourth-order valence-electron chi connectivity index (χ4n) is 3.60. The number of pyridine rings is 1. The molecule has 1 fully saturated rings. The summed E-state index contributed by atoms with van der Waals surface area (Å²) >= 11 is 0. The van der Waals surface area contributed by atoms with Crippen LogP contribution in [0.15, 0.2) is 30.5 Å². The lowest BCUT2D eigenvalue weighted by Gasteiger charge is -2.24. The monoisotopic (exact) mass is 355 g/mol. The first-order chi connectivity index (χ1) is 12.3. The highest BCUT2D eigenvalue weighted by Gasteiger charge is 2.31. The van der Waals surface area contributed by atoms with Gasteiger partial charge in [-0.25, -0.2) is 4.98 Å². The summed E-state index contributed by atoms with van der Waals surface area (Å²) in [5.41, 5.74) is 1.95. The third-order valence-electron chi connectivity index (χ3n) is 4.80. The SMILES string of the molecule is CC(C)(O)Cn1c(CCC2(C)OCCO2)nc2cnc3ccccc3c21. The Kier molecular flexibility index (Phi) is 4.22. The molecule has 1 aliphatic rings. The highest BCUT2D eigenvalue weighted by molar-refractivity contribution is 6.02. The normalized spacial score (nSPS) is 17.4. The standard InChI is InChI=1S/C20H25N3O3/c1-19(2,24)13-23-17(8-9-20(3)25-10-11-26-20)22-16-12-21-15-7-5-4-6-14(15)18(16)23/h4-7,12,24H,8-11,13H2,1-3H3. The molecular formula is C20H25N3O3. The van der Waals surface area contributed by atoms with Gasteiger partial charge in [0, 0.05) is 18.2 Å². The first-order valence-electron chi connectivity index (χ1n) is 9.08. The van der Waals surface area contributed by atoms with Crippen molar-refractivity contribution in [1.82, 2.24) is 14.5 Å². The summed E-state index contributed by atoms with van der Waals surface area (Å²) in [6.45, 7) is 7.33. The van der Waals surface area contributed by atoms with Crippen LogP contribution in [0.4, 0.5) is 0 Å². The molecule has 0 amide bonds. The Morgan fingerprint density at radius 1 is 1.19 bits per heavy atom. The first kappa shape index (κ1) is 17.4. The average Bonchev–Trinajstić information content (AvgIpc) is 3.16. The summed E-state index contributed by atoms with van der Waals surface area (Å²) in [4.78, 5) is 9.34. The molecule has 6 nitrogen and oxygen atoms in total. The molecule has 26 heavy (non-hydrogen) atoms. The molecule has 1 N–H and O–H groups in total. The molecule has 138 valence electrons. The van der Waals surface area contributed by atoms with Crippen LogP contribution in [0.1, 0.15) is 33.0 Å². The van der Waals surface area contributed by atoms with E-state index in [9.17, 15) is 5.11 Å². The number of benzene rings is 1. The van der Waals surface area contributed by atoms with Crippen LogP contribution < -0.4 is 0 Å². The minimum absolute atomic E-state index is 0.464. The lowest BCUT2D eigenvalue weighted by Crippen LogP contribution is -2.29. The number of imidazole rings is 1. The van der Waals surface area contributed by atoms with E-state index in [-0.39, 0.29) is 0 Å². The van der Waals surface area contributed by atoms with Gasteiger partial charge in [0.1, 0.15) is 11.3 Å². The zero-order valence-electron chi connectivity index (χ0n) is 15.5. The van der Waals surface area contributed by atoms with E-state index in [1.807, 2.05) is 45.2 Å². The lowest BCUT2D eigenvalue weighted by atomic mass is 10.1. The molecular weight excluding hydrogens is 330 g/mol. The summed E-state index contributed by atoms with van der Waals surface area (Å²) in [6, 6.07) is 8.04. The van der Waals surface area contributed by atoms with Crippen molar-refractivity contribution in [2.45, 2.75) is 51.5 Å². The number of hydrogen-bond acceptors (Lipinski definition) is 5. The van der Waals surface area contributed by atoms with Gasteiger partial charge in [-0.1, -0.05) is 18.2 Å². The Labute approximate surface area is 152 Å². The number of nitrogens with zero attached hydrogens (tertiary/aromatic N) is 3. The van der Waals surface area contributed by atoms with Crippen LogP contribution in [0.3, 0.4) is 0 Å². The predicted octanol–water partition coefficient (Wildman–Crippen LogP) is 3.05. The first-order valence-corrected chi connectivity index (χ1v) is 9.08. The maximum Gasteiger partial charge on any atom is 0.166 e. The smallest absolute Gasteiger partial charge is 0.166 e. The Morgan fingerprint density at radius 2 is 1.92 bits per heavy atom. The average molecular weight is 355 g/mol. The number of rotatable bonds is 5. The van der Waals surface area contributed by atoms with Gasteiger partial charge < -0.3 is 19.1 Å². The molecule has 1 aliphatic heterocycles. The van der Waals surface area contributed by atoms with Crippen molar-refractivity contribution >= 4 is 21.9 Å². The molecule has 0 spiro atoms. The van der Waals surface area contributed by atoms with E-state index < -0.39 is 11.4 Å². The van der Waals surface area contributed by atoms with Gasteiger partial charge in [-0.15, -0.1) is 0 Å². The summed E-state index contributed by atoms with van der Waals surface area (Å²) in [5, 5.41) is 11.5. The van der Waals surface area contributed by atoms with Gasteiger partial charge in [-0.3, -0.25) is 4.98 Å². The van der Waals surface area contributed by atoms with Crippen molar-refractivity contribution in [2.75, 3.05) is 13.2 Å². The Morgan fingerprint density at radius 3 is 2.65 bits per heavy atom. The molecule has 3 aromatic rings. The Hall–Kier alpha value is -2.02. The van der Waals surface area contributed by atoms with Crippen molar-refractivity contribution in [3.05, 3.63) is 36.3 Å². The molecule has 1 aromatic carbocycles. The zero-order chi connectivity index (χ0) is 18.4. The molecule has 6 heteroatoms. The number of fused-ring (bicyclic) bond motifs is 3. The van der Waals surface area contributed by atoms with Crippen LogP contribution in [0.5, 0.6) is 0 Å². The van der Waals surface area contributed by atoms with Crippen molar-refractivity contribution in [1.29, 1.82) is 0 Å². The minimum Gasteiger partial charge on any atom is -0.389 e.